The number of amides is 1. The Balaban J connectivity index is 2.00. The number of fused-ring (bicyclic) bond motifs is 1. The minimum atomic E-state index is -0.467. The third kappa shape index (κ3) is 1.96. The molecule has 1 aliphatic carbocycles. The molecular weight excluding hydrogens is 258 g/mol. The first-order valence-corrected chi connectivity index (χ1v) is 6.72. The monoisotopic (exact) mass is 275 g/mol. The highest BCUT2D eigenvalue weighted by atomic mass is 16.5. The second-order valence-electron chi connectivity index (χ2n) is 5.51. The Kier molecular flexibility index (Phi) is 2.97. The largest absolute Gasteiger partial charge is 0.394 e. The van der Waals surface area contributed by atoms with Crippen LogP contribution in [0.3, 0.4) is 0 Å². The fraction of sp³-hybridized carbons (Fsp3) is 0.500. The van der Waals surface area contributed by atoms with Crippen molar-refractivity contribution < 1.29 is 14.4 Å². The lowest BCUT2D eigenvalue weighted by Gasteiger charge is -2.41. The second kappa shape index (κ2) is 4.56. The molecule has 3 rings (SSSR count). The first kappa shape index (κ1) is 13.1. The highest BCUT2D eigenvalue weighted by Gasteiger charge is 2.38. The molecule has 1 aliphatic rings. The Morgan fingerprint density at radius 3 is 2.85 bits per heavy atom. The molecule has 1 amide bonds. The van der Waals surface area contributed by atoms with E-state index in [-0.39, 0.29) is 12.5 Å². The number of aryl methyl sites for hydroxylation is 2. The number of rotatable bonds is 3. The summed E-state index contributed by atoms with van der Waals surface area (Å²) in [6.45, 7) is 3.55. The molecule has 0 radical (unpaired) electrons. The molecule has 2 aromatic heterocycles. The quantitative estimate of drug-likeness (QED) is 0.886. The number of pyridine rings is 1. The van der Waals surface area contributed by atoms with Crippen LogP contribution in [0.4, 0.5) is 0 Å². The number of aliphatic hydroxyl groups is 1. The molecule has 0 unspecified atom stereocenters. The highest BCUT2D eigenvalue weighted by Crippen LogP contribution is 2.32. The van der Waals surface area contributed by atoms with E-state index in [1.54, 1.807) is 19.9 Å². The van der Waals surface area contributed by atoms with Crippen LogP contribution >= 0.6 is 0 Å². The third-order valence-corrected chi connectivity index (χ3v) is 3.98. The molecule has 106 valence electrons. The minimum absolute atomic E-state index is 0.0332. The fourth-order valence-electron chi connectivity index (χ4n) is 2.63. The topological polar surface area (TPSA) is 88.2 Å². The van der Waals surface area contributed by atoms with Crippen molar-refractivity contribution in [1.82, 2.24) is 15.5 Å². The van der Waals surface area contributed by atoms with Crippen LogP contribution in [0, 0.1) is 13.8 Å². The summed E-state index contributed by atoms with van der Waals surface area (Å²) in [5.74, 6) is -0.208. The summed E-state index contributed by atoms with van der Waals surface area (Å²) in [5, 5.41) is 16.9. The smallest absolute Gasteiger partial charge is 0.258 e. The van der Waals surface area contributed by atoms with Crippen molar-refractivity contribution in [2.75, 3.05) is 6.61 Å². The van der Waals surface area contributed by atoms with Crippen molar-refractivity contribution in [2.24, 2.45) is 0 Å². The van der Waals surface area contributed by atoms with Gasteiger partial charge >= 0.3 is 0 Å². The summed E-state index contributed by atoms with van der Waals surface area (Å²) in [5.41, 5.74) is 1.76. The SMILES string of the molecule is Cc1cc(C(=O)NC2(CO)CCC2)c2c(C)noc2n1. The predicted molar refractivity (Wildman–Crippen MR) is 72.4 cm³/mol. The molecule has 0 bridgehead atoms. The molecule has 2 aromatic rings. The maximum absolute atomic E-state index is 12.5. The standard InChI is InChI=1S/C14H17N3O3/c1-8-6-10(11-9(2)17-20-13(11)15-8)12(19)16-14(7-18)4-3-5-14/h6,18H,3-5,7H2,1-2H3,(H,16,19). The summed E-state index contributed by atoms with van der Waals surface area (Å²) in [6.07, 6.45) is 2.65. The van der Waals surface area contributed by atoms with E-state index >= 15 is 0 Å². The molecule has 6 heteroatoms. The van der Waals surface area contributed by atoms with Gasteiger partial charge in [-0.25, -0.2) is 4.98 Å². The zero-order valence-corrected chi connectivity index (χ0v) is 11.6. The lowest BCUT2D eigenvalue weighted by Crippen LogP contribution is -2.56. The van der Waals surface area contributed by atoms with Crippen LogP contribution in [0.25, 0.3) is 11.1 Å². The first-order valence-electron chi connectivity index (χ1n) is 6.72. The molecule has 2 N–H and O–H groups in total. The van der Waals surface area contributed by atoms with Gasteiger partial charge in [0.1, 0.15) is 0 Å². The third-order valence-electron chi connectivity index (χ3n) is 3.98. The molecule has 0 aliphatic heterocycles. The number of nitrogens with one attached hydrogen (secondary N) is 1. The normalized spacial score (nSPS) is 16.9. The van der Waals surface area contributed by atoms with Crippen molar-refractivity contribution in [2.45, 2.75) is 38.6 Å². The number of carbonyl (C=O) groups is 1. The predicted octanol–water partition coefficient (Wildman–Crippen LogP) is 1.48. The molecule has 2 heterocycles. The zero-order valence-electron chi connectivity index (χ0n) is 11.6. The van der Waals surface area contributed by atoms with Gasteiger partial charge in [-0.3, -0.25) is 4.79 Å². The van der Waals surface area contributed by atoms with E-state index in [4.69, 9.17) is 4.52 Å². The number of carbonyl (C=O) groups excluding carboxylic acids is 1. The van der Waals surface area contributed by atoms with Gasteiger partial charge in [0.25, 0.3) is 11.6 Å². The molecule has 6 nitrogen and oxygen atoms in total. The van der Waals surface area contributed by atoms with Crippen molar-refractivity contribution in [3.63, 3.8) is 0 Å². The summed E-state index contributed by atoms with van der Waals surface area (Å²) in [7, 11) is 0. The number of nitrogens with zero attached hydrogens (tertiary/aromatic N) is 2. The van der Waals surface area contributed by atoms with Crippen molar-refractivity contribution in [3.05, 3.63) is 23.0 Å². The average molecular weight is 275 g/mol. The van der Waals surface area contributed by atoms with E-state index in [2.05, 4.69) is 15.5 Å². The van der Waals surface area contributed by atoms with E-state index < -0.39 is 5.54 Å². The van der Waals surface area contributed by atoms with E-state index in [0.717, 1.165) is 19.3 Å². The maximum Gasteiger partial charge on any atom is 0.258 e. The van der Waals surface area contributed by atoms with Crippen molar-refractivity contribution >= 4 is 17.0 Å². The van der Waals surface area contributed by atoms with Gasteiger partial charge in [0.05, 0.1) is 28.8 Å². The van der Waals surface area contributed by atoms with Crippen LogP contribution < -0.4 is 5.32 Å². The van der Waals surface area contributed by atoms with Crippen LogP contribution in [0.15, 0.2) is 10.6 Å². The Hall–Kier alpha value is -1.95. The summed E-state index contributed by atoms with van der Waals surface area (Å²) in [6, 6.07) is 1.73. The fourth-order valence-corrected chi connectivity index (χ4v) is 2.63. The number of aliphatic hydroxyl groups excluding tert-OH is 1. The molecule has 0 atom stereocenters. The molecule has 0 aromatic carbocycles. The van der Waals surface area contributed by atoms with E-state index in [0.29, 0.717) is 28.1 Å². The van der Waals surface area contributed by atoms with E-state index in [1.165, 1.54) is 0 Å². The van der Waals surface area contributed by atoms with Crippen LogP contribution in [0.5, 0.6) is 0 Å². The molecule has 0 spiro atoms. The van der Waals surface area contributed by atoms with Gasteiger partial charge < -0.3 is 14.9 Å². The molecule has 0 saturated heterocycles. The maximum atomic E-state index is 12.5. The van der Waals surface area contributed by atoms with Crippen molar-refractivity contribution in [3.8, 4) is 0 Å². The Morgan fingerprint density at radius 2 is 2.25 bits per heavy atom. The summed E-state index contributed by atoms with van der Waals surface area (Å²) >= 11 is 0. The minimum Gasteiger partial charge on any atom is -0.394 e. The van der Waals surface area contributed by atoms with Gasteiger partial charge in [-0.05, 0) is 39.2 Å². The lowest BCUT2D eigenvalue weighted by molar-refractivity contribution is 0.0643. The number of hydrogen-bond acceptors (Lipinski definition) is 5. The molecular formula is C14H17N3O3. The first-order chi connectivity index (χ1) is 9.54. The van der Waals surface area contributed by atoms with Gasteiger partial charge in [-0.2, -0.15) is 0 Å². The number of aromatic nitrogens is 2. The van der Waals surface area contributed by atoms with E-state index in [9.17, 15) is 9.90 Å². The van der Waals surface area contributed by atoms with E-state index in [1.807, 2.05) is 0 Å². The Bertz CT molecular complexity index is 668. The molecule has 20 heavy (non-hydrogen) atoms. The molecule has 1 fully saturated rings. The highest BCUT2D eigenvalue weighted by molar-refractivity contribution is 6.06. The van der Waals surface area contributed by atoms with Gasteiger partial charge in [-0.15, -0.1) is 0 Å². The van der Waals surface area contributed by atoms with Gasteiger partial charge in [0.15, 0.2) is 0 Å². The summed E-state index contributed by atoms with van der Waals surface area (Å²) in [4.78, 5) is 16.7. The van der Waals surface area contributed by atoms with Crippen LogP contribution in [-0.2, 0) is 0 Å². The number of hydrogen-bond donors (Lipinski definition) is 2. The van der Waals surface area contributed by atoms with Gasteiger partial charge in [0.2, 0.25) is 0 Å². The average Bonchev–Trinajstić information content (AvgIpc) is 2.74. The van der Waals surface area contributed by atoms with Gasteiger partial charge in [0, 0.05) is 5.69 Å². The molecule has 1 saturated carbocycles. The van der Waals surface area contributed by atoms with Crippen LogP contribution in [-0.4, -0.2) is 33.3 Å². The Labute approximate surface area is 116 Å². The Morgan fingerprint density at radius 1 is 1.50 bits per heavy atom. The van der Waals surface area contributed by atoms with Crippen LogP contribution in [0.2, 0.25) is 0 Å². The zero-order chi connectivity index (χ0) is 14.3. The lowest BCUT2D eigenvalue weighted by atomic mass is 9.77. The summed E-state index contributed by atoms with van der Waals surface area (Å²) < 4.78 is 5.13. The van der Waals surface area contributed by atoms with Crippen molar-refractivity contribution in [1.29, 1.82) is 0 Å². The van der Waals surface area contributed by atoms with Crippen LogP contribution in [0.1, 0.15) is 41.0 Å². The second-order valence-corrected chi connectivity index (χ2v) is 5.51. The van der Waals surface area contributed by atoms with Gasteiger partial charge in [-0.1, -0.05) is 5.16 Å².